The Hall–Kier alpha value is -0.790. The van der Waals surface area contributed by atoms with E-state index in [0.717, 1.165) is 17.9 Å². The molecule has 0 heterocycles. The van der Waals surface area contributed by atoms with Crippen LogP contribution in [0.15, 0.2) is 23.8 Å². The fourth-order valence-electron chi connectivity index (χ4n) is 2.03. The van der Waals surface area contributed by atoms with E-state index in [4.69, 9.17) is 17.3 Å². The smallest absolute Gasteiger partial charge is 0.0412 e. The zero-order valence-electron chi connectivity index (χ0n) is 8.31. The summed E-state index contributed by atoms with van der Waals surface area (Å²) >= 11 is 5.98. The first-order valence-electron chi connectivity index (χ1n) is 4.90. The first-order chi connectivity index (χ1) is 6.72. The molecule has 1 nitrogen and oxygen atoms in total. The second kappa shape index (κ2) is 3.76. The van der Waals surface area contributed by atoms with Crippen LogP contribution in [0.25, 0.3) is 5.57 Å². The lowest BCUT2D eigenvalue weighted by Crippen LogP contribution is -2.11. The Balaban J connectivity index is 2.55. The van der Waals surface area contributed by atoms with Gasteiger partial charge in [-0.25, -0.2) is 0 Å². The molecule has 2 heteroatoms. The van der Waals surface area contributed by atoms with Crippen molar-refractivity contribution in [2.24, 2.45) is 5.73 Å². The van der Waals surface area contributed by atoms with E-state index in [0.29, 0.717) is 6.54 Å². The summed E-state index contributed by atoms with van der Waals surface area (Å²) < 4.78 is 0. The van der Waals surface area contributed by atoms with Crippen LogP contribution in [0.4, 0.5) is 0 Å². The zero-order chi connectivity index (χ0) is 10.1. The number of halogens is 1. The molecule has 1 aromatic carbocycles. The molecule has 0 unspecified atom stereocenters. The number of allylic oxidation sites excluding steroid dienone is 1. The van der Waals surface area contributed by atoms with Gasteiger partial charge >= 0.3 is 0 Å². The summed E-state index contributed by atoms with van der Waals surface area (Å²) in [5.74, 6) is 0. The lowest BCUT2D eigenvalue weighted by atomic mass is 9.86. The number of hydrogen-bond acceptors (Lipinski definition) is 1. The molecular formula is C12H14ClN. The average molecular weight is 208 g/mol. The number of aryl methyl sites for hydroxylation is 1. The number of hydrogen-bond donors (Lipinski definition) is 1. The molecule has 0 radical (unpaired) electrons. The summed E-state index contributed by atoms with van der Waals surface area (Å²) in [6, 6.07) is 6.12. The van der Waals surface area contributed by atoms with Crippen molar-refractivity contribution in [1.82, 2.24) is 0 Å². The van der Waals surface area contributed by atoms with Crippen molar-refractivity contribution in [1.29, 1.82) is 0 Å². The second-order valence-corrected chi connectivity index (χ2v) is 4.17. The molecule has 1 aliphatic rings. The maximum Gasteiger partial charge on any atom is 0.0412 e. The molecule has 0 amide bonds. The maximum absolute atomic E-state index is 5.98. The van der Waals surface area contributed by atoms with Crippen LogP contribution < -0.4 is 5.73 Å². The van der Waals surface area contributed by atoms with E-state index < -0.39 is 0 Å². The van der Waals surface area contributed by atoms with Crippen molar-refractivity contribution in [2.45, 2.75) is 19.8 Å². The Morgan fingerprint density at radius 2 is 2.14 bits per heavy atom. The molecule has 1 aromatic rings. The van der Waals surface area contributed by atoms with Gasteiger partial charge in [0.2, 0.25) is 0 Å². The molecule has 0 aliphatic heterocycles. The van der Waals surface area contributed by atoms with E-state index in [1.807, 2.05) is 12.1 Å². The van der Waals surface area contributed by atoms with Crippen molar-refractivity contribution >= 4 is 17.2 Å². The van der Waals surface area contributed by atoms with Gasteiger partial charge in [-0.1, -0.05) is 23.2 Å². The van der Waals surface area contributed by atoms with E-state index in [2.05, 4.69) is 13.0 Å². The SMILES string of the molecule is CC1=C(CN)CCc2ccc(Cl)cc21. The molecule has 0 saturated heterocycles. The van der Waals surface area contributed by atoms with E-state index in [9.17, 15) is 0 Å². The summed E-state index contributed by atoms with van der Waals surface area (Å²) in [5, 5.41) is 0.807. The van der Waals surface area contributed by atoms with Gasteiger partial charge in [-0.3, -0.25) is 0 Å². The molecular weight excluding hydrogens is 194 g/mol. The topological polar surface area (TPSA) is 26.0 Å². The Labute approximate surface area is 89.6 Å². The molecule has 2 rings (SSSR count). The minimum atomic E-state index is 0.664. The Bertz CT molecular complexity index is 393. The minimum Gasteiger partial charge on any atom is -0.327 e. The van der Waals surface area contributed by atoms with Gasteiger partial charge < -0.3 is 5.73 Å². The molecule has 0 spiro atoms. The highest BCUT2D eigenvalue weighted by Crippen LogP contribution is 2.32. The van der Waals surface area contributed by atoms with Crippen molar-refractivity contribution < 1.29 is 0 Å². The van der Waals surface area contributed by atoms with E-state index in [1.54, 1.807) is 0 Å². The van der Waals surface area contributed by atoms with Gasteiger partial charge in [0.15, 0.2) is 0 Å². The normalized spacial score (nSPS) is 15.6. The fraction of sp³-hybridized carbons (Fsp3) is 0.333. The highest BCUT2D eigenvalue weighted by molar-refractivity contribution is 6.30. The Morgan fingerprint density at radius 1 is 1.36 bits per heavy atom. The number of rotatable bonds is 1. The Morgan fingerprint density at radius 3 is 2.86 bits per heavy atom. The standard InChI is InChI=1S/C12H14ClN/c1-8-10(7-14)3-2-9-4-5-11(13)6-12(8)9/h4-6H,2-3,7,14H2,1H3. The van der Waals surface area contributed by atoms with Gasteiger partial charge in [0.1, 0.15) is 0 Å². The predicted octanol–water partition coefficient (Wildman–Crippen LogP) is 3.02. The molecule has 1 aliphatic carbocycles. The van der Waals surface area contributed by atoms with Crippen LogP contribution in [-0.4, -0.2) is 6.54 Å². The fourth-order valence-corrected chi connectivity index (χ4v) is 2.21. The average Bonchev–Trinajstić information content (AvgIpc) is 2.20. The van der Waals surface area contributed by atoms with Gasteiger partial charge in [-0.15, -0.1) is 0 Å². The predicted molar refractivity (Wildman–Crippen MR) is 61.4 cm³/mol. The van der Waals surface area contributed by atoms with Crippen molar-refractivity contribution in [3.63, 3.8) is 0 Å². The van der Waals surface area contributed by atoms with Gasteiger partial charge in [0.25, 0.3) is 0 Å². The third-order valence-electron chi connectivity index (χ3n) is 2.95. The molecule has 0 bridgehead atoms. The van der Waals surface area contributed by atoms with E-state index in [1.165, 1.54) is 22.3 Å². The number of nitrogens with two attached hydrogens (primary N) is 1. The summed E-state index contributed by atoms with van der Waals surface area (Å²) in [7, 11) is 0. The second-order valence-electron chi connectivity index (χ2n) is 3.73. The van der Waals surface area contributed by atoms with Gasteiger partial charge in [0.05, 0.1) is 0 Å². The minimum absolute atomic E-state index is 0.664. The van der Waals surface area contributed by atoms with Gasteiger partial charge in [0, 0.05) is 11.6 Å². The molecule has 14 heavy (non-hydrogen) atoms. The van der Waals surface area contributed by atoms with Crippen LogP contribution in [0.2, 0.25) is 5.02 Å². The molecule has 0 fully saturated rings. The van der Waals surface area contributed by atoms with Crippen LogP contribution >= 0.6 is 11.6 Å². The molecule has 0 aromatic heterocycles. The lowest BCUT2D eigenvalue weighted by molar-refractivity contribution is 0.881. The molecule has 2 N–H and O–H groups in total. The summed E-state index contributed by atoms with van der Waals surface area (Å²) in [6.45, 7) is 2.80. The summed E-state index contributed by atoms with van der Waals surface area (Å²) in [4.78, 5) is 0. The largest absolute Gasteiger partial charge is 0.327 e. The molecule has 0 atom stereocenters. The number of fused-ring (bicyclic) bond motifs is 1. The highest BCUT2D eigenvalue weighted by atomic mass is 35.5. The maximum atomic E-state index is 5.98. The van der Waals surface area contributed by atoms with Crippen LogP contribution in [-0.2, 0) is 6.42 Å². The molecule has 0 saturated carbocycles. The van der Waals surface area contributed by atoms with Crippen LogP contribution in [0.3, 0.4) is 0 Å². The van der Waals surface area contributed by atoms with E-state index >= 15 is 0 Å². The summed E-state index contributed by atoms with van der Waals surface area (Å²) in [6.07, 6.45) is 2.19. The van der Waals surface area contributed by atoms with Gasteiger partial charge in [-0.2, -0.15) is 0 Å². The highest BCUT2D eigenvalue weighted by Gasteiger charge is 2.14. The molecule has 74 valence electrons. The monoisotopic (exact) mass is 207 g/mol. The van der Waals surface area contributed by atoms with Crippen molar-refractivity contribution in [2.75, 3.05) is 6.54 Å². The zero-order valence-corrected chi connectivity index (χ0v) is 9.06. The first-order valence-corrected chi connectivity index (χ1v) is 5.27. The third-order valence-corrected chi connectivity index (χ3v) is 3.18. The van der Waals surface area contributed by atoms with Crippen LogP contribution in [0.1, 0.15) is 24.5 Å². The third kappa shape index (κ3) is 1.58. The van der Waals surface area contributed by atoms with Crippen molar-refractivity contribution in [3.8, 4) is 0 Å². The van der Waals surface area contributed by atoms with Crippen molar-refractivity contribution in [3.05, 3.63) is 39.9 Å². The van der Waals surface area contributed by atoms with Crippen LogP contribution in [0.5, 0.6) is 0 Å². The lowest BCUT2D eigenvalue weighted by Gasteiger charge is -2.20. The van der Waals surface area contributed by atoms with Crippen LogP contribution in [0, 0.1) is 0 Å². The quantitative estimate of drug-likeness (QED) is 0.753. The number of benzene rings is 1. The van der Waals surface area contributed by atoms with E-state index in [-0.39, 0.29) is 0 Å². The Kier molecular flexibility index (Phi) is 2.62. The van der Waals surface area contributed by atoms with Gasteiger partial charge in [-0.05, 0) is 48.6 Å². The first kappa shape index (κ1) is 9.75. The summed E-state index contributed by atoms with van der Waals surface area (Å²) in [5.41, 5.74) is 11.0.